The molecule has 3 nitrogen and oxygen atoms in total. The molecule has 1 fully saturated rings. The van der Waals surface area contributed by atoms with Crippen LogP contribution in [0.1, 0.15) is 24.0 Å². The zero-order valence-electron chi connectivity index (χ0n) is 11.3. The molecule has 0 bridgehead atoms. The minimum atomic E-state index is 0.150. The highest BCUT2D eigenvalue weighted by Crippen LogP contribution is 2.16. The average molecular weight is 325 g/mol. The molecule has 2 N–H and O–H groups in total. The van der Waals surface area contributed by atoms with Gasteiger partial charge in [-0.1, -0.05) is 22.0 Å². The number of piperidine rings is 1. The molecule has 0 spiro atoms. The average Bonchev–Trinajstić information content (AvgIpc) is 2.43. The topological polar surface area (TPSA) is 41.1 Å². The molecule has 2 rings (SSSR count). The summed E-state index contributed by atoms with van der Waals surface area (Å²) in [6, 6.07) is 6.28. The van der Waals surface area contributed by atoms with Gasteiger partial charge in [0.25, 0.3) is 0 Å². The maximum absolute atomic E-state index is 12.0. The van der Waals surface area contributed by atoms with Gasteiger partial charge in [-0.3, -0.25) is 4.79 Å². The minimum Gasteiger partial charge on any atom is -0.355 e. The summed E-state index contributed by atoms with van der Waals surface area (Å²) < 4.78 is 1.09. The van der Waals surface area contributed by atoms with Crippen LogP contribution in [-0.4, -0.2) is 25.5 Å². The molecule has 1 atom stereocenters. The number of hydrogen-bond acceptors (Lipinski definition) is 2. The van der Waals surface area contributed by atoms with E-state index < -0.39 is 0 Å². The Kier molecular flexibility index (Phi) is 5.40. The number of amides is 1. The van der Waals surface area contributed by atoms with E-state index in [-0.39, 0.29) is 11.8 Å². The predicted molar refractivity (Wildman–Crippen MR) is 81.2 cm³/mol. The van der Waals surface area contributed by atoms with Crippen LogP contribution in [0.5, 0.6) is 0 Å². The van der Waals surface area contributed by atoms with Crippen molar-refractivity contribution in [1.82, 2.24) is 10.6 Å². The van der Waals surface area contributed by atoms with Crippen LogP contribution in [0.4, 0.5) is 0 Å². The van der Waals surface area contributed by atoms with Gasteiger partial charge in [0.05, 0.1) is 5.92 Å². The normalized spacial score (nSPS) is 19.2. The SMILES string of the molecule is Cc1ccc(Br)cc1CCNC(=O)C1CCCNC1. The third kappa shape index (κ3) is 4.32. The molecule has 4 heteroatoms. The van der Waals surface area contributed by atoms with Crippen molar-refractivity contribution in [2.24, 2.45) is 5.92 Å². The van der Waals surface area contributed by atoms with Gasteiger partial charge in [0.15, 0.2) is 0 Å². The van der Waals surface area contributed by atoms with Gasteiger partial charge in [0.1, 0.15) is 0 Å². The Bertz CT molecular complexity index is 442. The van der Waals surface area contributed by atoms with E-state index in [0.29, 0.717) is 6.54 Å². The molecule has 0 radical (unpaired) electrons. The van der Waals surface area contributed by atoms with E-state index in [1.807, 2.05) is 6.07 Å². The standard InChI is InChI=1S/C15H21BrN2O/c1-11-4-5-14(16)9-12(11)6-8-18-15(19)13-3-2-7-17-10-13/h4-5,9,13,17H,2-3,6-8,10H2,1H3,(H,18,19). The molecule has 0 aromatic heterocycles. The molecule has 1 aromatic carbocycles. The second kappa shape index (κ2) is 7.06. The van der Waals surface area contributed by atoms with E-state index in [1.54, 1.807) is 0 Å². The number of nitrogens with one attached hydrogen (secondary N) is 2. The number of hydrogen-bond donors (Lipinski definition) is 2. The second-order valence-electron chi connectivity index (χ2n) is 5.16. The van der Waals surface area contributed by atoms with Crippen LogP contribution in [0.3, 0.4) is 0 Å². The van der Waals surface area contributed by atoms with Crippen molar-refractivity contribution in [3.8, 4) is 0 Å². The fourth-order valence-corrected chi connectivity index (χ4v) is 2.86. The summed E-state index contributed by atoms with van der Waals surface area (Å²) in [5.41, 5.74) is 2.56. The fraction of sp³-hybridized carbons (Fsp3) is 0.533. The number of aryl methyl sites for hydroxylation is 1. The van der Waals surface area contributed by atoms with Gasteiger partial charge in [0.2, 0.25) is 5.91 Å². The number of carbonyl (C=O) groups is 1. The summed E-state index contributed by atoms with van der Waals surface area (Å²) in [5.74, 6) is 0.345. The monoisotopic (exact) mass is 324 g/mol. The Morgan fingerprint density at radius 3 is 3.11 bits per heavy atom. The Balaban J connectivity index is 1.79. The van der Waals surface area contributed by atoms with E-state index in [0.717, 1.165) is 36.8 Å². The Morgan fingerprint density at radius 1 is 1.53 bits per heavy atom. The molecule has 104 valence electrons. The van der Waals surface area contributed by atoms with Crippen molar-refractivity contribution in [2.45, 2.75) is 26.2 Å². The number of benzene rings is 1. The smallest absolute Gasteiger partial charge is 0.224 e. The number of carbonyl (C=O) groups excluding carboxylic acids is 1. The summed E-state index contributed by atoms with van der Waals surface area (Å²) in [7, 11) is 0. The van der Waals surface area contributed by atoms with Gasteiger partial charge in [0, 0.05) is 17.6 Å². The summed E-state index contributed by atoms with van der Waals surface area (Å²) >= 11 is 3.48. The lowest BCUT2D eigenvalue weighted by Gasteiger charge is -2.22. The first-order valence-electron chi connectivity index (χ1n) is 6.90. The number of halogens is 1. The Morgan fingerprint density at radius 2 is 2.37 bits per heavy atom. The zero-order chi connectivity index (χ0) is 13.7. The largest absolute Gasteiger partial charge is 0.355 e. The second-order valence-corrected chi connectivity index (χ2v) is 6.07. The lowest BCUT2D eigenvalue weighted by Crippen LogP contribution is -2.41. The molecule has 1 aromatic rings. The van der Waals surface area contributed by atoms with Crippen molar-refractivity contribution >= 4 is 21.8 Å². The highest BCUT2D eigenvalue weighted by atomic mass is 79.9. The van der Waals surface area contributed by atoms with Crippen LogP contribution in [0.15, 0.2) is 22.7 Å². The lowest BCUT2D eigenvalue weighted by atomic mass is 9.98. The van der Waals surface area contributed by atoms with E-state index in [9.17, 15) is 4.79 Å². The van der Waals surface area contributed by atoms with Crippen molar-refractivity contribution in [3.05, 3.63) is 33.8 Å². The molecule has 1 aliphatic rings. The molecule has 0 saturated carbocycles. The van der Waals surface area contributed by atoms with E-state index in [4.69, 9.17) is 0 Å². The third-order valence-corrected chi connectivity index (χ3v) is 4.17. The zero-order valence-corrected chi connectivity index (χ0v) is 12.9. The first kappa shape index (κ1) is 14.5. The fourth-order valence-electron chi connectivity index (χ4n) is 2.45. The molecular formula is C15H21BrN2O. The highest BCUT2D eigenvalue weighted by molar-refractivity contribution is 9.10. The quantitative estimate of drug-likeness (QED) is 0.893. The van der Waals surface area contributed by atoms with Crippen LogP contribution >= 0.6 is 15.9 Å². The maximum atomic E-state index is 12.0. The third-order valence-electron chi connectivity index (χ3n) is 3.67. The summed E-state index contributed by atoms with van der Waals surface area (Å²) in [4.78, 5) is 12.0. The Hall–Kier alpha value is -0.870. The highest BCUT2D eigenvalue weighted by Gasteiger charge is 2.20. The molecule has 1 saturated heterocycles. The molecule has 1 aliphatic heterocycles. The summed E-state index contributed by atoms with van der Waals surface area (Å²) in [5, 5.41) is 6.33. The van der Waals surface area contributed by atoms with Crippen molar-refractivity contribution in [1.29, 1.82) is 0 Å². The van der Waals surface area contributed by atoms with Gasteiger partial charge in [-0.15, -0.1) is 0 Å². The van der Waals surface area contributed by atoms with E-state index >= 15 is 0 Å². The van der Waals surface area contributed by atoms with E-state index in [1.165, 1.54) is 11.1 Å². The molecule has 1 amide bonds. The summed E-state index contributed by atoms with van der Waals surface area (Å²) in [6.07, 6.45) is 2.99. The molecular weight excluding hydrogens is 304 g/mol. The van der Waals surface area contributed by atoms with Crippen LogP contribution < -0.4 is 10.6 Å². The molecule has 19 heavy (non-hydrogen) atoms. The van der Waals surface area contributed by atoms with Gasteiger partial charge < -0.3 is 10.6 Å². The van der Waals surface area contributed by atoms with Crippen molar-refractivity contribution in [3.63, 3.8) is 0 Å². The van der Waals surface area contributed by atoms with Gasteiger partial charge >= 0.3 is 0 Å². The number of rotatable bonds is 4. The molecule has 0 aliphatic carbocycles. The predicted octanol–water partition coefficient (Wildman–Crippen LogP) is 2.42. The van der Waals surface area contributed by atoms with E-state index in [2.05, 4.69) is 45.6 Å². The van der Waals surface area contributed by atoms with Crippen molar-refractivity contribution < 1.29 is 4.79 Å². The van der Waals surface area contributed by atoms with Crippen molar-refractivity contribution in [2.75, 3.05) is 19.6 Å². The first-order valence-corrected chi connectivity index (χ1v) is 7.69. The maximum Gasteiger partial charge on any atom is 0.224 e. The first-order chi connectivity index (χ1) is 9.16. The van der Waals surface area contributed by atoms with Crippen LogP contribution in [0.25, 0.3) is 0 Å². The van der Waals surface area contributed by atoms with Gasteiger partial charge in [-0.25, -0.2) is 0 Å². The summed E-state index contributed by atoms with van der Waals surface area (Å²) in [6.45, 7) is 4.68. The minimum absolute atomic E-state index is 0.150. The van der Waals surface area contributed by atoms with Crippen LogP contribution in [0, 0.1) is 12.8 Å². The van der Waals surface area contributed by atoms with Gasteiger partial charge in [-0.05, 0) is 56.0 Å². The molecule has 1 heterocycles. The van der Waals surface area contributed by atoms with Crippen LogP contribution in [-0.2, 0) is 11.2 Å². The molecule has 1 unspecified atom stereocenters. The lowest BCUT2D eigenvalue weighted by molar-refractivity contribution is -0.125. The van der Waals surface area contributed by atoms with Crippen LogP contribution in [0.2, 0.25) is 0 Å². The van der Waals surface area contributed by atoms with Gasteiger partial charge in [-0.2, -0.15) is 0 Å². The Labute approximate surface area is 123 Å².